The maximum Gasteiger partial charge on any atom is 0.312 e. The highest BCUT2D eigenvalue weighted by Gasteiger charge is 2.30. The topological polar surface area (TPSA) is 118 Å². The fourth-order valence-corrected chi connectivity index (χ4v) is 4.57. The second kappa shape index (κ2) is 9.31. The highest BCUT2D eigenvalue weighted by Crippen LogP contribution is 2.31. The van der Waals surface area contributed by atoms with Gasteiger partial charge in [0.25, 0.3) is 5.91 Å². The summed E-state index contributed by atoms with van der Waals surface area (Å²) in [6, 6.07) is 10.4. The number of pyridine rings is 1. The van der Waals surface area contributed by atoms with E-state index < -0.39 is 27.0 Å². The Balaban J connectivity index is 1.69. The van der Waals surface area contributed by atoms with E-state index in [1.54, 1.807) is 23.7 Å². The van der Waals surface area contributed by atoms with Crippen LogP contribution in [0, 0.1) is 5.82 Å². The summed E-state index contributed by atoms with van der Waals surface area (Å²) in [6.45, 7) is 3.04. The molecule has 0 aliphatic rings. The molecule has 0 aliphatic carbocycles. The number of nitrogens with one attached hydrogen (secondary N) is 1. The lowest BCUT2D eigenvalue weighted by molar-refractivity contribution is 0.0998. The highest BCUT2D eigenvalue weighted by molar-refractivity contribution is 7.93. The molecular weight excluding hydrogens is 481 g/mol. The number of halogens is 1. The monoisotopic (exact) mass is 501 g/mol. The van der Waals surface area contributed by atoms with Crippen molar-refractivity contribution in [2.24, 2.45) is 0 Å². The number of benzene rings is 1. The van der Waals surface area contributed by atoms with Gasteiger partial charge in [-0.2, -0.15) is 4.98 Å². The third-order valence-corrected chi connectivity index (χ3v) is 7.71. The molecule has 0 atom stereocenters. The molecule has 0 saturated carbocycles. The van der Waals surface area contributed by atoms with Gasteiger partial charge in [0.05, 0.1) is 10.9 Å². The van der Waals surface area contributed by atoms with E-state index >= 15 is 0 Å². The zero-order chi connectivity index (χ0) is 24.5. The molecule has 3 aromatic heterocycles. The van der Waals surface area contributed by atoms with Crippen molar-refractivity contribution in [3.8, 4) is 22.6 Å². The van der Waals surface area contributed by atoms with Crippen LogP contribution in [0.1, 0.15) is 24.4 Å². The smallest absolute Gasteiger partial charge is 0.312 e. The summed E-state index contributed by atoms with van der Waals surface area (Å²) in [5, 5.41) is 3.94. The number of anilines is 2. The Kier molecular flexibility index (Phi) is 6.44. The Morgan fingerprint density at radius 3 is 2.50 bits per heavy atom. The second-order valence-corrected chi connectivity index (χ2v) is 10.8. The standard InChI is InChI=1S/C22H20FN5O4S2/c1-13(2)34(30,31)28(3)22-26-18(14-7-9-15(23)10-8-14)19(32-22)20(29)27-21-25-17(12-33-21)16-6-4-5-11-24-16/h4-13H,1-3H3,(H,25,27,29). The second-order valence-electron chi connectivity index (χ2n) is 7.45. The molecule has 12 heteroatoms. The Hall–Kier alpha value is -3.64. The van der Waals surface area contributed by atoms with E-state index in [4.69, 9.17) is 4.42 Å². The van der Waals surface area contributed by atoms with Gasteiger partial charge in [0.2, 0.25) is 15.8 Å². The van der Waals surface area contributed by atoms with Crippen molar-refractivity contribution in [3.05, 3.63) is 65.6 Å². The summed E-state index contributed by atoms with van der Waals surface area (Å²) in [5.41, 5.74) is 1.68. The molecule has 3 heterocycles. The van der Waals surface area contributed by atoms with E-state index in [0.717, 1.165) is 4.31 Å². The number of hydrogen-bond donors (Lipinski definition) is 1. The molecule has 1 aromatic carbocycles. The predicted molar refractivity (Wildman–Crippen MR) is 128 cm³/mol. The van der Waals surface area contributed by atoms with Crippen LogP contribution in [0.5, 0.6) is 0 Å². The SMILES string of the molecule is CC(C)S(=O)(=O)N(C)c1nc(-c2ccc(F)cc2)c(C(=O)Nc2nc(-c3ccccn3)cs2)o1. The van der Waals surface area contributed by atoms with E-state index in [1.165, 1.54) is 56.5 Å². The summed E-state index contributed by atoms with van der Waals surface area (Å²) in [7, 11) is -2.48. The van der Waals surface area contributed by atoms with Gasteiger partial charge in [0.15, 0.2) is 5.13 Å². The van der Waals surface area contributed by atoms with Crippen LogP contribution in [0.4, 0.5) is 15.5 Å². The molecule has 0 spiro atoms. The number of aromatic nitrogens is 3. The molecule has 0 radical (unpaired) electrons. The number of carbonyl (C=O) groups is 1. The van der Waals surface area contributed by atoms with Crippen molar-refractivity contribution < 1.29 is 22.0 Å². The number of sulfonamides is 1. The van der Waals surface area contributed by atoms with Crippen LogP contribution in [0.25, 0.3) is 22.6 Å². The average molecular weight is 502 g/mol. The summed E-state index contributed by atoms with van der Waals surface area (Å²) in [4.78, 5) is 25.9. The fourth-order valence-electron chi connectivity index (χ4n) is 2.94. The molecule has 0 bridgehead atoms. The van der Waals surface area contributed by atoms with Crippen LogP contribution in [-0.4, -0.2) is 41.6 Å². The normalized spacial score (nSPS) is 11.6. The minimum atomic E-state index is -3.77. The molecule has 4 rings (SSSR count). The molecule has 0 saturated heterocycles. The molecule has 1 N–H and O–H groups in total. The van der Waals surface area contributed by atoms with Gasteiger partial charge < -0.3 is 4.42 Å². The van der Waals surface area contributed by atoms with Crippen LogP contribution in [-0.2, 0) is 10.0 Å². The Morgan fingerprint density at radius 2 is 1.85 bits per heavy atom. The number of hydrogen-bond acceptors (Lipinski definition) is 8. The first-order valence-electron chi connectivity index (χ1n) is 10.1. The zero-order valence-corrected chi connectivity index (χ0v) is 20.0. The van der Waals surface area contributed by atoms with Crippen LogP contribution in [0.3, 0.4) is 0 Å². The van der Waals surface area contributed by atoms with Gasteiger partial charge in [-0.3, -0.25) is 15.1 Å². The molecule has 0 unspecified atom stereocenters. The summed E-state index contributed by atoms with van der Waals surface area (Å²) < 4.78 is 45.1. The molecule has 176 valence electrons. The quantitative estimate of drug-likeness (QED) is 0.398. The van der Waals surface area contributed by atoms with Gasteiger partial charge in [-0.1, -0.05) is 6.07 Å². The van der Waals surface area contributed by atoms with Crippen LogP contribution in [0.15, 0.2) is 58.5 Å². The van der Waals surface area contributed by atoms with Crippen molar-refractivity contribution in [1.82, 2.24) is 15.0 Å². The number of rotatable bonds is 7. The first kappa shape index (κ1) is 23.5. The highest BCUT2D eigenvalue weighted by atomic mass is 32.2. The molecule has 0 aliphatic heterocycles. The molecule has 0 fully saturated rings. The Bertz CT molecular complexity index is 1420. The van der Waals surface area contributed by atoms with Crippen molar-refractivity contribution >= 4 is 38.4 Å². The largest absolute Gasteiger partial charge is 0.417 e. The third-order valence-electron chi connectivity index (χ3n) is 4.84. The maximum absolute atomic E-state index is 13.4. The summed E-state index contributed by atoms with van der Waals surface area (Å²) in [5.74, 6) is -1.39. The van der Waals surface area contributed by atoms with Gasteiger partial charge in [0.1, 0.15) is 17.2 Å². The summed E-state index contributed by atoms with van der Waals surface area (Å²) in [6.07, 6.45) is 1.64. The Labute approximate surface area is 199 Å². The summed E-state index contributed by atoms with van der Waals surface area (Å²) >= 11 is 1.19. The molecular formula is C22H20FN5O4S2. The van der Waals surface area contributed by atoms with Crippen molar-refractivity contribution in [2.45, 2.75) is 19.1 Å². The van der Waals surface area contributed by atoms with Gasteiger partial charge in [-0.05, 0) is 50.2 Å². The van der Waals surface area contributed by atoms with E-state index in [2.05, 4.69) is 20.3 Å². The molecule has 4 aromatic rings. The Morgan fingerprint density at radius 1 is 1.12 bits per heavy atom. The van der Waals surface area contributed by atoms with E-state index in [0.29, 0.717) is 17.0 Å². The van der Waals surface area contributed by atoms with Gasteiger partial charge in [-0.25, -0.2) is 22.1 Å². The van der Waals surface area contributed by atoms with Crippen molar-refractivity contribution in [3.63, 3.8) is 0 Å². The van der Waals surface area contributed by atoms with Crippen LogP contribution < -0.4 is 9.62 Å². The predicted octanol–water partition coefficient (Wildman–Crippen LogP) is 4.43. The molecule has 9 nitrogen and oxygen atoms in total. The van der Waals surface area contributed by atoms with Crippen LogP contribution >= 0.6 is 11.3 Å². The van der Waals surface area contributed by atoms with E-state index in [1.807, 2.05) is 6.07 Å². The lowest BCUT2D eigenvalue weighted by Gasteiger charge is -2.17. The minimum absolute atomic E-state index is 0.0693. The third kappa shape index (κ3) is 4.68. The first-order valence-corrected chi connectivity index (χ1v) is 12.5. The number of thiazole rings is 1. The van der Waals surface area contributed by atoms with E-state index in [-0.39, 0.29) is 22.6 Å². The zero-order valence-electron chi connectivity index (χ0n) is 18.4. The fraction of sp³-hybridized carbons (Fsp3) is 0.182. The van der Waals surface area contributed by atoms with Gasteiger partial charge in [0, 0.05) is 24.2 Å². The van der Waals surface area contributed by atoms with Crippen molar-refractivity contribution in [1.29, 1.82) is 0 Å². The number of amides is 1. The lowest BCUT2D eigenvalue weighted by atomic mass is 10.1. The van der Waals surface area contributed by atoms with E-state index in [9.17, 15) is 17.6 Å². The van der Waals surface area contributed by atoms with Gasteiger partial charge in [-0.15, -0.1) is 11.3 Å². The molecule has 1 amide bonds. The average Bonchev–Trinajstić information content (AvgIpc) is 3.47. The first-order chi connectivity index (χ1) is 16.2. The number of nitrogens with zero attached hydrogens (tertiary/aromatic N) is 4. The van der Waals surface area contributed by atoms with Gasteiger partial charge >= 0.3 is 6.01 Å². The van der Waals surface area contributed by atoms with Crippen LogP contribution in [0.2, 0.25) is 0 Å². The minimum Gasteiger partial charge on any atom is -0.417 e. The number of oxazole rings is 1. The maximum atomic E-state index is 13.4. The lowest BCUT2D eigenvalue weighted by Crippen LogP contribution is -2.33. The number of carbonyl (C=O) groups excluding carboxylic acids is 1. The molecule has 34 heavy (non-hydrogen) atoms. The van der Waals surface area contributed by atoms with Crippen molar-refractivity contribution in [2.75, 3.05) is 16.7 Å².